The van der Waals surface area contributed by atoms with E-state index in [1.165, 1.54) is 6.42 Å². The Morgan fingerprint density at radius 2 is 1.96 bits per heavy atom. The van der Waals surface area contributed by atoms with Crippen molar-refractivity contribution in [1.29, 1.82) is 0 Å². The van der Waals surface area contributed by atoms with E-state index in [0.717, 1.165) is 45.3 Å². The van der Waals surface area contributed by atoms with Gasteiger partial charge in [-0.25, -0.2) is 4.79 Å². The Bertz CT molecular complexity index is 400. The molecule has 0 aromatic heterocycles. The first-order chi connectivity index (χ1) is 10.7. The Kier molecular flexibility index (Phi) is 5.95. The molecule has 134 valence electrons. The van der Waals surface area contributed by atoms with Gasteiger partial charge in [0.1, 0.15) is 5.60 Å². The molecule has 0 unspecified atom stereocenters. The number of likely N-dealkylation sites (tertiary alicyclic amines) is 1. The number of ether oxygens (including phenoxy) is 1. The third-order valence-corrected chi connectivity index (χ3v) is 5.36. The predicted octanol–water partition coefficient (Wildman–Crippen LogP) is 2.77. The molecule has 0 radical (unpaired) electrons. The van der Waals surface area contributed by atoms with Crippen molar-refractivity contribution in [3.05, 3.63) is 0 Å². The van der Waals surface area contributed by atoms with Gasteiger partial charge in [-0.1, -0.05) is 13.3 Å². The molecule has 2 rings (SSSR count). The Morgan fingerprint density at radius 3 is 2.52 bits per heavy atom. The molecule has 0 aromatic carbocycles. The van der Waals surface area contributed by atoms with Crippen molar-refractivity contribution in [3.63, 3.8) is 0 Å². The number of hydrogen-bond donors (Lipinski definition) is 2. The molecule has 2 atom stereocenters. The Balaban J connectivity index is 1.72. The fraction of sp³-hybridized carbons (Fsp3) is 0.944. The maximum absolute atomic E-state index is 12.1. The number of aliphatic hydroxyl groups excluding tert-OH is 1. The lowest BCUT2D eigenvalue weighted by Crippen LogP contribution is -2.46. The van der Waals surface area contributed by atoms with E-state index in [0.29, 0.717) is 12.0 Å². The summed E-state index contributed by atoms with van der Waals surface area (Å²) in [5, 5.41) is 13.3. The summed E-state index contributed by atoms with van der Waals surface area (Å²) in [6.45, 7) is 10.7. The van der Waals surface area contributed by atoms with Crippen LogP contribution in [0.15, 0.2) is 0 Å². The van der Waals surface area contributed by atoms with Gasteiger partial charge >= 0.3 is 6.09 Å². The van der Waals surface area contributed by atoms with E-state index in [-0.39, 0.29) is 18.1 Å². The van der Waals surface area contributed by atoms with Crippen molar-refractivity contribution in [2.45, 2.75) is 71.4 Å². The Morgan fingerprint density at radius 1 is 1.30 bits per heavy atom. The molecule has 1 aliphatic carbocycles. The predicted molar refractivity (Wildman–Crippen MR) is 91.4 cm³/mol. The van der Waals surface area contributed by atoms with E-state index >= 15 is 0 Å². The summed E-state index contributed by atoms with van der Waals surface area (Å²) in [6.07, 6.45) is 5.33. The van der Waals surface area contributed by atoms with Crippen molar-refractivity contribution >= 4 is 6.09 Å². The number of piperidine rings is 1. The molecular formula is C18H34N2O3. The van der Waals surface area contributed by atoms with Crippen molar-refractivity contribution in [2.75, 3.05) is 26.2 Å². The number of carbonyl (C=O) groups is 1. The van der Waals surface area contributed by atoms with E-state index < -0.39 is 5.60 Å². The minimum absolute atomic E-state index is 0.0389. The number of nitrogens with zero attached hydrogens (tertiary/aromatic N) is 1. The van der Waals surface area contributed by atoms with Gasteiger partial charge in [0.15, 0.2) is 0 Å². The highest BCUT2D eigenvalue weighted by Crippen LogP contribution is 2.37. The molecule has 1 saturated carbocycles. The number of amides is 1. The lowest BCUT2D eigenvalue weighted by Gasteiger charge is -2.35. The molecule has 1 saturated heterocycles. The molecule has 1 aliphatic heterocycles. The minimum Gasteiger partial charge on any atom is -0.444 e. The van der Waals surface area contributed by atoms with Crippen LogP contribution in [0.2, 0.25) is 0 Å². The molecule has 0 spiro atoms. The van der Waals surface area contributed by atoms with Gasteiger partial charge in [-0.15, -0.1) is 0 Å². The van der Waals surface area contributed by atoms with Gasteiger partial charge < -0.3 is 20.1 Å². The van der Waals surface area contributed by atoms with Crippen molar-refractivity contribution in [1.82, 2.24) is 10.2 Å². The van der Waals surface area contributed by atoms with E-state index in [2.05, 4.69) is 12.2 Å². The highest BCUT2D eigenvalue weighted by atomic mass is 16.6. The van der Waals surface area contributed by atoms with Crippen molar-refractivity contribution in [3.8, 4) is 0 Å². The monoisotopic (exact) mass is 326 g/mol. The zero-order chi connectivity index (χ0) is 17.1. The van der Waals surface area contributed by atoms with Crippen molar-refractivity contribution in [2.24, 2.45) is 11.3 Å². The van der Waals surface area contributed by atoms with E-state index in [9.17, 15) is 9.90 Å². The van der Waals surface area contributed by atoms with Crippen LogP contribution in [0.4, 0.5) is 4.79 Å². The smallest absolute Gasteiger partial charge is 0.410 e. The molecule has 2 aliphatic rings. The largest absolute Gasteiger partial charge is 0.444 e. The number of nitrogens with one attached hydrogen (secondary N) is 1. The standard InChI is InChI=1S/C18H34N2O3/c1-17(2,3)23-16(22)20-10-7-14(8-11-20)12-19-15-6-5-9-18(15,4)13-21/h14-15,19,21H,5-13H2,1-4H3/t15-,18+/m1/s1. The normalized spacial score (nSPS) is 29.8. The van der Waals surface area contributed by atoms with Crippen LogP contribution >= 0.6 is 0 Å². The minimum atomic E-state index is -0.424. The third kappa shape index (κ3) is 5.08. The summed E-state index contributed by atoms with van der Waals surface area (Å²) in [5.74, 6) is 0.609. The summed E-state index contributed by atoms with van der Waals surface area (Å²) in [7, 11) is 0. The Labute approximate surface area is 140 Å². The number of rotatable bonds is 4. The fourth-order valence-electron chi connectivity index (χ4n) is 3.73. The van der Waals surface area contributed by atoms with Crippen LogP contribution in [-0.2, 0) is 4.74 Å². The van der Waals surface area contributed by atoms with E-state index in [1.807, 2.05) is 25.7 Å². The molecule has 2 fully saturated rings. The number of hydrogen-bond acceptors (Lipinski definition) is 4. The fourth-order valence-corrected chi connectivity index (χ4v) is 3.73. The zero-order valence-corrected chi connectivity index (χ0v) is 15.2. The van der Waals surface area contributed by atoms with Crippen LogP contribution in [0.3, 0.4) is 0 Å². The third-order valence-electron chi connectivity index (χ3n) is 5.36. The van der Waals surface area contributed by atoms with Crippen LogP contribution in [0.5, 0.6) is 0 Å². The first-order valence-corrected chi connectivity index (χ1v) is 9.06. The van der Waals surface area contributed by atoms with E-state index in [4.69, 9.17) is 4.74 Å². The van der Waals surface area contributed by atoms with Gasteiger partial charge in [-0.3, -0.25) is 0 Å². The second kappa shape index (κ2) is 7.39. The summed E-state index contributed by atoms with van der Waals surface area (Å²) in [4.78, 5) is 13.9. The number of aliphatic hydroxyl groups is 1. The van der Waals surface area contributed by atoms with Crippen LogP contribution in [0, 0.1) is 11.3 Å². The van der Waals surface area contributed by atoms with Gasteiger partial charge in [0.05, 0.1) is 0 Å². The molecule has 5 heteroatoms. The molecule has 0 bridgehead atoms. The van der Waals surface area contributed by atoms with Crippen LogP contribution in [0.1, 0.15) is 59.8 Å². The Hall–Kier alpha value is -0.810. The molecule has 2 N–H and O–H groups in total. The van der Waals surface area contributed by atoms with Gasteiger partial charge in [-0.2, -0.15) is 0 Å². The average molecular weight is 326 g/mol. The summed E-state index contributed by atoms with van der Waals surface area (Å²) in [5.41, 5.74) is -0.385. The molecule has 23 heavy (non-hydrogen) atoms. The lowest BCUT2D eigenvalue weighted by atomic mass is 9.85. The van der Waals surface area contributed by atoms with Crippen LogP contribution < -0.4 is 5.32 Å². The van der Waals surface area contributed by atoms with E-state index in [1.54, 1.807) is 0 Å². The van der Waals surface area contributed by atoms with Crippen molar-refractivity contribution < 1.29 is 14.6 Å². The van der Waals surface area contributed by atoms with Crippen LogP contribution in [-0.4, -0.2) is 54.0 Å². The zero-order valence-electron chi connectivity index (χ0n) is 15.2. The lowest BCUT2D eigenvalue weighted by molar-refractivity contribution is 0.0180. The first-order valence-electron chi connectivity index (χ1n) is 9.06. The van der Waals surface area contributed by atoms with Gasteiger partial charge in [0, 0.05) is 31.2 Å². The SMILES string of the molecule is CC(C)(C)OC(=O)N1CCC(CN[C@@H]2CCC[C@@]2(C)CO)CC1. The molecule has 5 nitrogen and oxygen atoms in total. The first kappa shape index (κ1) is 18.5. The van der Waals surface area contributed by atoms with Gasteiger partial charge in [0.25, 0.3) is 0 Å². The molecule has 1 heterocycles. The maximum atomic E-state index is 12.1. The second-order valence-corrected chi connectivity index (χ2v) is 8.58. The highest BCUT2D eigenvalue weighted by Gasteiger charge is 2.38. The second-order valence-electron chi connectivity index (χ2n) is 8.58. The van der Waals surface area contributed by atoms with Gasteiger partial charge in [-0.05, 0) is 58.9 Å². The molecule has 0 aromatic rings. The number of carbonyl (C=O) groups excluding carboxylic acids is 1. The quantitative estimate of drug-likeness (QED) is 0.834. The summed E-state index contributed by atoms with van der Waals surface area (Å²) < 4.78 is 5.44. The molecular weight excluding hydrogens is 292 g/mol. The highest BCUT2D eigenvalue weighted by molar-refractivity contribution is 5.68. The van der Waals surface area contributed by atoms with Gasteiger partial charge in [0.2, 0.25) is 0 Å². The van der Waals surface area contributed by atoms with Crippen LogP contribution in [0.25, 0.3) is 0 Å². The molecule has 1 amide bonds. The topological polar surface area (TPSA) is 61.8 Å². The average Bonchev–Trinajstić information content (AvgIpc) is 2.86. The summed E-state index contributed by atoms with van der Waals surface area (Å²) in [6, 6.07) is 0.427. The maximum Gasteiger partial charge on any atom is 0.410 e. The summed E-state index contributed by atoms with van der Waals surface area (Å²) >= 11 is 0.